The molecule has 0 aliphatic carbocycles. The minimum Gasteiger partial charge on any atom is -0.322 e. The summed E-state index contributed by atoms with van der Waals surface area (Å²) in [4.78, 5) is 0. The van der Waals surface area contributed by atoms with Crippen molar-refractivity contribution < 1.29 is 0 Å². The van der Waals surface area contributed by atoms with Gasteiger partial charge in [0.05, 0.1) is 6.04 Å². The monoisotopic (exact) mass is 202 g/mol. The number of nitrogens with zero attached hydrogens (tertiary/aromatic N) is 3. The van der Waals surface area contributed by atoms with Gasteiger partial charge in [-0.1, -0.05) is 18.2 Å². The first-order valence-corrected chi connectivity index (χ1v) is 4.93. The minimum atomic E-state index is -0.119. The molecule has 2 aromatic rings. The lowest BCUT2D eigenvalue weighted by molar-refractivity contribution is 0.712. The summed E-state index contributed by atoms with van der Waals surface area (Å²) in [5.41, 5.74) is 6.89. The fourth-order valence-electron chi connectivity index (χ4n) is 1.57. The highest BCUT2D eigenvalue weighted by molar-refractivity contribution is 5.34. The normalized spacial score (nSPS) is 12.7. The smallest absolute Gasteiger partial charge is 0.154 e. The van der Waals surface area contributed by atoms with Gasteiger partial charge in [0.2, 0.25) is 0 Å². The third-order valence-corrected chi connectivity index (χ3v) is 2.27. The van der Waals surface area contributed by atoms with Gasteiger partial charge in [-0.2, -0.15) is 0 Å². The van der Waals surface area contributed by atoms with Crippen LogP contribution in [0.2, 0.25) is 0 Å². The van der Waals surface area contributed by atoms with Crippen molar-refractivity contribution in [1.82, 2.24) is 14.8 Å². The Balaban J connectivity index is 2.57. The maximum absolute atomic E-state index is 5.84. The number of aromatic nitrogens is 3. The second kappa shape index (κ2) is 3.82. The number of para-hydroxylation sites is 1. The Morgan fingerprint density at radius 3 is 2.47 bits per heavy atom. The van der Waals surface area contributed by atoms with Crippen LogP contribution in [-0.2, 0) is 0 Å². The van der Waals surface area contributed by atoms with Crippen LogP contribution in [0, 0.1) is 6.92 Å². The van der Waals surface area contributed by atoms with Gasteiger partial charge in [-0.05, 0) is 26.0 Å². The van der Waals surface area contributed by atoms with E-state index in [2.05, 4.69) is 10.2 Å². The predicted molar refractivity (Wildman–Crippen MR) is 58.7 cm³/mol. The Labute approximate surface area is 88.8 Å². The molecule has 0 radical (unpaired) electrons. The van der Waals surface area contributed by atoms with Crippen molar-refractivity contribution in [2.24, 2.45) is 5.73 Å². The number of nitrogens with two attached hydrogens (primary N) is 1. The molecule has 0 bridgehead atoms. The summed E-state index contributed by atoms with van der Waals surface area (Å²) in [6.45, 7) is 3.83. The van der Waals surface area contributed by atoms with Gasteiger partial charge in [0.15, 0.2) is 5.82 Å². The van der Waals surface area contributed by atoms with Crippen molar-refractivity contribution in [1.29, 1.82) is 0 Å². The van der Waals surface area contributed by atoms with Gasteiger partial charge in [-0.25, -0.2) is 0 Å². The molecule has 15 heavy (non-hydrogen) atoms. The molecule has 0 saturated heterocycles. The Bertz CT molecular complexity index is 445. The lowest BCUT2D eigenvalue weighted by atomic mass is 10.3. The van der Waals surface area contributed by atoms with Gasteiger partial charge >= 0.3 is 0 Å². The highest BCUT2D eigenvalue weighted by Crippen LogP contribution is 2.15. The van der Waals surface area contributed by atoms with E-state index in [4.69, 9.17) is 5.73 Å². The first kappa shape index (κ1) is 9.86. The Morgan fingerprint density at radius 1 is 1.20 bits per heavy atom. The molecule has 0 aliphatic rings. The molecule has 1 aromatic heterocycles. The maximum atomic E-state index is 5.84. The lowest BCUT2D eigenvalue weighted by Crippen LogP contribution is -2.13. The molecular weight excluding hydrogens is 188 g/mol. The Hall–Kier alpha value is -1.68. The van der Waals surface area contributed by atoms with Crippen molar-refractivity contribution in [3.63, 3.8) is 0 Å². The summed E-state index contributed by atoms with van der Waals surface area (Å²) >= 11 is 0. The number of hydrogen-bond acceptors (Lipinski definition) is 3. The summed E-state index contributed by atoms with van der Waals surface area (Å²) in [5.74, 6) is 1.65. The van der Waals surface area contributed by atoms with E-state index in [0.717, 1.165) is 17.3 Å². The first-order valence-electron chi connectivity index (χ1n) is 4.93. The molecule has 2 rings (SSSR count). The fraction of sp³-hybridized carbons (Fsp3) is 0.273. The van der Waals surface area contributed by atoms with Gasteiger partial charge in [0.25, 0.3) is 0 Å². The molecule has 4 heteroatoms. The molecule has 1 atom stereocenters. The number of hydrogen-bond donors (Lipinski definition) is 1. The van der Waals surface area contributed by atoms with E-state index in [9.17, 15) is 0 Å². The molecule has 0 amide bonds. The van der Waals surface area contributed by atoms with Crippen molar-refractivity contribution in [2.45, 2.75) is 19.9 Å². The van der Waals surface area contributed by atoms with E-state index in [-0.39, 0.29) is 6.04 Å². The molecule has 4 nitrogen and oxygen atoms in total. The third-order valence-electron chi connectivity index (χ3n) is 2.27. The quantitative estimate of drug-likeness (QED) is 0.804. The summed E-state index contributed by atoms with van der Waals surface area (Å²) in [5, 5.41) is 8.13. The zero-order valence-electron chi connectivity index (χ0n) is 8.88. The van der Waals surface area contributed by atoms with E-state index in [1.54, 1.807) is 0 Å². The molecule has 78 valence electrons. The van der Waals surface area contributed by atoms with Gasteiger partial charge in [-0.15, -0.1) is 10.2 Å². The average molecular weight is 202 g/mol. The van der Waals surface area contributed by atoms with E-state index >= 15 is 0 Å². The molecule has 2 N–H and O–H groups in total. The Kier molecular flexibility index (Phi) is 2.51. The van der Waals surface area contributed by atoms with E-state index in [0.29, 0.717) is 0 Å². The van der Waals surface area contributed by atoms with Crippen LogP contribution in [0.25, 0.3) is 5.69 Å². The molecule has 0 saturated carbocycles. The van der Waals surface area contributed by atoms with Crippen LogP contribution >= 0.6 is 0 Å². The van der Waals surface area contributed by atoms with Gasteiger partial charge in [0.1, 0.15) is 5.82 Å². The van der Waals surface area contributed by atoms with Crippen LogP contribution in [-0.4, -0.2) is 14.8 Å². The highest BCUT2D eigenvalue weighted by Gasteiger charge is 2.13. The molecule has 1 aromatic carbocycles. The second-order valence-electron chi connectivity index (χ2n) is 3.57. The highest BCUT2D eigenvalue weighted by atomic mass is 15.3. The van der Waals surface area contributed by atoms with Crippen LogP contribution in [0.15, 0.2) is 30.3 Å². The topological polar surface area (TPSA) is 56.7 Å². The first-order chi connectivity index (χ1) is 7.20. The van der Waals surface area contributed by atoms with Gasteiger partial charge in [-0.3, -0.25) is 4.57 Å². The Morgan fingerprint density at radius 2 is 1.87 bits per heavy atom. The van der Waals surface area contributed by atoms with Crippen LogP contribution in [0.5, 0.6) is 0 Å². The zero-order valence-corrected chi connectivity index (χ0v) is 8.88. The number of aryl methyl sites for hydroxylation is 1. The third kappa shape index (κ3) is 1.76. The second-order valence-corrected chi connectivity index (χ2v) is 3.57. The van der Waals surface area contributed by atoms with Crippen molar-refractivity contribution in [3.8, 4) is 5.69 Å². The zero-order chi connectivity index (χ0) is 10.8. The van der Waals surface area contributed by atoms with Crippen LogP contribution in [0.4, 0.5) is 0 Å². The van der Waals surface area contributed by atoms with Crippen molar-refractivity contribution in [3.05, 3.63) is 42.0 Å². The van der Waals surface area contributed by atoms with E-state index < -0.39 is 0 Å². The molecule has 1 heterocycles. The van der Waals surface area contributed by atoms with Crippen LogP contribution in [0.1, 0.15) is 24.6 Å². The van der Waals surface area contributed by atoms with Crippen LogP contribution < -0.4 is 5.73 Å². The molecule has 0 spiro atoms. The molecule has 0 unspecified atom stereocenters. The molecular formula is C11H14N4. The van der Waals surface area contributed by atoms with Crippen LogP contribution in [0.3, 0.4) is 0 Å². The number of benzene rings is 1. The van der Waals surface area contributed by atoms with Gasteiger partial charge < -0.3 is 5.73 Å². The minimum absolute atomic E-state index is 0.119. The average Bonchev–Trinajstić information content (AvgIpc) is 2.61. The van der Waals surface area contributed by atoms with E-state index in [1.807, 2.05) is 48.7 Å². The van der Waals surface area contributed by atoms with Crippen molar-refractivity contribution >= 4 is 0 Å². The summed E-state index contributed by atoms with van der Waals surface area (Å²) in [6, 6.07) is 9.87. The SMILES string of the molecule is Cc1nnc([C@@H](C)N)n1-c1ccccc1. The standard InChI is InChI=1S/C11H14N4/c1-8(12)11-14-13-9(2)15(11)10-6-4-3-5-7-10/h3-8H,12H2,1-2H3/t8-/m1/s1. The fourth-order valence-corrected chi connectivity index (χ4v) is 1.57. The maximum Gasteiger partial charge on any atom is 0.154 e. The van der Waals surface area contributed by atoms with Crippen molar-refractivity contribution in [2.75, 3.05) is 0 Å². The summed E-state index contributed by atoms with van der Waals surface area (Å²) < 4.78 is 1.98. The summed E-state index contributed by atoms with van der Waals surface area (Å²) in [7, 11) is 0. The lowest BCUT2D eigenvalue weighted by Gasteiger charge is -2.10. The molecule has 0 aliphatic heterocycles. The number of rotatable bonds is 2. The summed E-state index contributed by atoms with van der Waals surface area (Å²) in [6.07, 6.45) is 0. The largest absolute Gasteiger partial charge is 0.322 e. The molecule has 0 fully saturated rings. The van der Waals surface area contributed by atoms with E-state index in [1.165, 1.54) is 0 Å². The predicted octanol–water partition coefficient (Wildman–Crippen LogP) is 1.60. The van der Waals surface area contributed by atoms with Gasteiger partial charge in [0, 0.05) is 5.69 Å².